The molecule has 0 saturated heterocycles. The Balaban J connectivity index is 2.50. The molecule has 0 heterocycles. The van der Waals surface area contributed by atoms with Crippen molar-refractivity contribution in [3.05, 3.63) is 59.2 Å². The molecule has 0 aromatic heterocycles. The number of nitrogens with one attached hydrogen (secondary N) is 1. The monoisotopic (exact) mass is 412 g/mol. The largest absolute Gasteiger partial charge is 0.478 e. The molecule has 0 unspecified atom stereocenters. The maximum Gasteiger partial charge on any atom is 0.416 e. The number of anilines is 2. The van der Waals surface area contributed by atoms with Gasteiger partial charge in [0.05, 0.1) is 41.3 Å². The zero-order valence-corrected chi connectivity index (χ0v) is 15.1. The number of hydrogen-bond donors (Lipinski definition) is 4. The molecule has 0 atom stereocenters. The second kappa shape index (κ2) is 9.39. The molecule has 0 fully saturated rings. The van der Waals surface area contributed by atoms with Crippen molar-refractivity contribution in [2.24, 2.45) is 0 Å². The molecule has 2 aromatic rings. The van der Waals surface area contributed by atoms with Crippen molar-refractivity contribution in [1.29, 1.82) is 0 Å². The number of halogens is 3. The number of aliphatic hydroxyl groups is 2. The van der Waals surface area contributed by atoms with E-state index in [1.807, 2.05) is 0 Å². The van der Waals surface area contributed by atoms with Crippen LogP contribution in [-0.2, 0) is 6.18 Å². The number of aromatic carboxylic acids is 1. The van der Waals surface area contributed by atoms with Crippen LogP contribution in [0.2, 0.25) is 0 Å². The van der Waals surface area contributed by atoms with Gasteiger partial charge in [0.25, 0.3) is 5.91 Å². The van der Waals surface area contributed by atoms with Crippen LogP contribution in [0.1, 0.15) is 26.3 Å². The summed E-state index contributed by atoms with van der Waals surface area (Å²) in [6.07, 6.45) is -4.67. The molecular formula is C19H19F3N2O5. The summed E-state index contributed by atoms with van der Waals surface area (Å²) < 4.78 is 39.4. The lowest BCUT2D eigenvalue weighted by Gasteiger charge is -2.26. The number of carbonyl (C=O) groups excluding carboxylic acids is 1. The molecule has 0 bridgehead atoms. The SMILES string of the molecule is O=C(O)c1ccccc1C(=O)Nc1cc(C(F)(F)F)ccc1N(CCO)CCO. The Bertz CT molecular complexity index is 880. The lowest BCUT2D eigenvalue weighted by atomic mass is 10.1. The number of carboxylic acids is 1. The normalized spacial score (nSPS) is 11.2. The van der Waals surface area contributed by atoms with Gasteiger partial charge >= 0.3 is 12.1 Å². The number of amides is 1. The molecule has 0 spiro atoms. The number of carbonyl (C=O) groups is 2. The van der Waals surface area contributed by atoms with E-state index in [0.29, 0.717) is 0 Å². The average molecular weight is 412 g/mol. The predicted octanol–water partition coefficient (Wildman–Crippen LogP) is 2.45. The maximum absolute atomic E-state index is 13.1. The van der Waals surface area contributed by atoms with Crippen molar-refractivity contribution in [3.63, 3.8) is 0 Å². The van der Waals surface area contributed by atoms with Gasteiger partial charge in [-0.3, -0.25) is 4.79 Å². The van der Waals surface area contributed by atoms with Crippen LogP contribution in [0.5, 0.6) is 0 Å². The van der Waals surface area contributed by atoms with Gasteiger partial charge in [-0.15, -0.1) is 0 Å². The standard InChI is InChI=1S/C19H19F3N2O5/c20-19(21,22)12-5-6-16(24(7-9-25)8-10-26)15(11-12)23-17(27)13-3-1-2-4-14(13)18(28)29/h1-6,11,25-26H,7-10H2,(H,23,27)(H,28,29). The van der Waals surface area contributed by atoms with Crippen LogP contribution in [0, 0.1) is 0 Å². The topological polar surface area (TPSA) is 110 Å². The molecule has 1 amide bonds. The summed E-state index contributed by atoms with van der Waals surface area (Å²) in [6.45, 7) is -0.673. The fourth-order valence-corrected chi connectivity index (χ4v) is 2.74. The Kier molecular flexibility index (Phi) is 7.18. The highest BCUT2D eigenvalue weighted by molar-refractivity contribution is 6.11. The first-order valence-electron chi connectivity index (χ1n) is 8.50. The fraction of sp³-hybridized carbons (Fsp3) is 0.263. The molecule has 10 heteroatoms. The van der Waals surface area contributed by atoms with Crippen molar-refractivity contribution in [3.8, 4) is 0 Å². The third-order valence-corrected chi connectivity index (χ3v) is 4.05. The Morgan fingerprint density at radius 3 is 2.07 bits per heavy atom. The van der Waals surface area contributed by atoms with Gasteiger partial charge in [0.2, 0.25) is 0 Å². The van der Waals surface area contributed by atoms with E-state index in [4.69, 9.17) is 0 Å². The van der Waals surface area contributed by atoms with E-state index < -0.39 is 23.6 Å². The summed E-state index contributed by atoms with van der Waals surface area (Å²) in [5.41, 5.74) is -1.63. The van der Waals surface area contributed by atoms with E-state index in [9.17, 15) is 38.1 Å². The second-order valence-electron chi connectivity index (χ2n) is 5.97. The van der Waals surface area contributed by atoms with Crippen LogP contribution < -0.4 is 10.2 Å². The highest BCUT2D eigenvalue weighted by atomic mass is 19.4. The summed E-state index contributed by atoms with van der Waals surface area (Å²) in [5, 5.41) is 29.9. The molecule has 0 saturated carbocycles. The predicted molar refractivity (Wildman–Crippen MR) is 99.2 cm³/mol. The molecular weight excluding hydrogens is 393 g/mol. The number of hydrogen-bond acceptors (Lipinski definition) is 5. The minimum atomic E-state index is -4.67. The molecule has 2 rings (SSSR count). The Morgan fingerprint density at radius 2 is 1.55 bits per heavy atom. The van der Waals surface area contributed by atoms with Gasteiger partial charge in [0, 0.05) is 13.1 Å². The highest BCUT2D eigenvalue weighted by Gasteiger charge is 2.32. The summed E-state index contributed by atoms with van der Waals surface area (Å²) in [4.78, 5) is 25.3. The molecule has 2 aromatic carbocycles. The van der Waals surface area contributed by atoms with Gasteiger partial charge in [-0.2, -0.15) is 13.2 Å². The van der Waals surface area contributed by atoms with Crippen LogP contribution in [0.15, 0.2) is 42.5 Å². The summed E-state index contributed by atoms with van der Waals surface area (Å²) in [7, 11) is 0. The van der Waals surface area contributed by atoms with Gasteiger partial charge in [-0.05, 0) is 30.3 Å². The Morgan fingerprint density at radius 1 is 0.966 bits per heavy atom. The van der Waals surface area contributed by atoms with Gasteiger partial charge in [0.15, 0.2) is 0 Å². The van der Waals surface area contributed by atoms with Gasteiger partial charge in [-0.1, -0.05) is 12.1 Å². The number of alkyl halides is 3. The van der Waals surface area contributed by atoms with Crippen molar-refractivity contribution in [2.45, 2.75) is 6.18 Å². The zero-order chi connectivity index (χ0) is 21.6. The third kappa shape index (κ3) is 5.46. The van der Waals surface area contributed by atoms with E-state index in [1.165, 1.54) is 29.2 Å². The van der Waals surface area contributed by atoms with Crippen LogP contribution >= 0.6 is 0 Å². The molecule has 0 aliphatic heterocycles. The van der Waals surface area contributed by atoms with E-state index in [-0.39, 0.29) is 48.8 Å². The second-order valence-corrected chi connectivity index (χ2v) is 5.97. The molecule has 0 radical (unpaired) electrons. The van der Waals surface area contributed by atoms with E-state index in [0.717, 1.165) is 18.2 Å². The Labute approximate surface area is 164 Å². The summed E-state index contributed by atoms with van der Waals surface area (Å²) in [6, 6.07) is 7.95. The van der Waals surface area contributed by atoms with Crippen LogP contribution in [0.4, 0.5) is 24.5 Å². The van der Waals surface area contributed by atoms with Crippen molar-refractivity contribution >= 4 is 23.3 Å². The zero-order valence-electron chi connectivity index (χ0n) is 15.1. The van der Waals surface area contributed by atoms with Gasteiger partial charge in [0.1, 0.15) is 0 Å². The first kappa shape index (κ1) is 22.2. The molecule has 0 aliphatic carbocycles. The number of carboxylic acid groups (broad SMARTS) is 1. The third-order valence-electron chi connectivity index (χ3n) is 4.05. The Hall–Kier alpha value is -3.11. The first-order chi connectivity index (χ1) is 13.7. The molecule has 7 nitrogen and oxygen atoms in total. The number of nitrogens with zero attached hydrogens (tertiary/aromatic N) is 1. The van der Waals surface area contributed by atoms with Crippen LogP contribution in [0.3, 0.4) is 0 Å². The number of aliphatic hydroxyl groups excluding tert-OH is 2. The maximum atomic E-state index is 13.1. The fourth-order valence-electron chi connectivity index (χ4n) is 2.74. The van der Waals surface area contributed by atoms with Crippen molar-refractivity contribution in [1.82, 2.24) is 0 Å². The van der Waals surface area contributed by atoms with E-state index >= 15 is 0 Å². The molecule has 0 aliphatic rings. The lowest BCUT2D eigenvalue weighted by molar-refractivity contribution is -0.137. The quantitative estimate of drug-likeness (QED) is 0.530. The molecule has 29 heavy (non-hydrogen) atoms. The van der Waals surface area contributed by atoms with Gasteiger partial charge < -0.3 is 25.5 Å². The highest BCUT2D eigenvalue weighted by Crippen LogP contribution is 2.35. The van der Waals surface area contributed by atoms with Gasteiger partial charge in [-0.25, -0.2) is 4.79 Å². The van der Waals surface area contributed by atoms with Crippen molar-refractivity contribution < 1.29 is 38.1 Å². The average Bonchev–Trinajstić information content (AvgIpc) is 2.67. The van der Waals surface area contributed by atoms with E-state index in [2.05, 4.69) is 5.32 Å². The van der Waals surface area contributed by atoms with Crippen LogP contribution in [0.25, 0.3) is 0 Å². The smallest absolute Gasteiger partial charge is 0.416 e. The minimum absolute atomic E-state index is 0.000504. The number of benzene rings is 2. The first-order valence-corrected chi connectivity index (χ1v) is 8.50. The lowest BCUT2D eigenvalue weighted by Crippen LogP contribution is -2.31. The summed E-state index contributed by atoms with van der Waals surface area (Å²) >= 11 is 0. The van der Waals surface area contributed by atoms with Crippen LogP contribution in [-0.4, -0.2) is 53.5 Å². The molecule has 156 valence electrons. The number of rotatable bonds is 8. The van der Waals surface area contributed by atoms with Crippen molar-refractivity contribution in [2.75, 3.05) is 36.5 Å². The van der Waals surface area contributed by atoms with E-state index in [1.54, 1.807) is 0 Å². The summed E-state index contributed by atoms with van der Waals surface area (Å²) in [5.74, 6) is -2.27. The molecule has 4 N–H and O–H groups in total. The minimum Gasteiger partial charge on any atom is -0.478 e.